The number of hydrogen-bond acceptors (Lipinski definition) is 4. The second-order valence-corrected chi connectivity index (χ2v) is 5.49. The summed E-state index contributed by atoms with van der Waals surface area (Å²) in [5.74, 6) is 0.972. The molecule has 0 bridgehead atoms. The Hall–Kier alpha value is -0.840. The summed E-state index contributed by atoms with van der Waals surface area (Å²) in [6.45, 7) is 6.09. The largest absolute Gasteiger partial charge is 0.357 e. The van der Waals surface area contributed by atoms with Crippen LogP contribution in [0, 0.1) is 0 Å². The minimum Gasteiger partial charge on any atom is -0.357 e. The van der Waals surface area contributed by atoms with E-state index in [1.165, 1.54) is 25.9 Å². The summed E-state index contributed by atoms with van der Waals surface area (Å²) >= 11 is 6.06. The van der Waals surface area contributed by atoms with Gasteiger partial charge in [-0.1, -0.05) is 18.5 Å². The van der Waals surface area contributed by atoms with Crippen LogP contribution in [0.1, 0.15) is 25.5 Å². The van der Waals surface area contributed by atoms with Gasteiger partial charge in [0.25, 0.3) is 0 Å². The lowest BCUT2D eigenvalue weighted by molar-refractivity contribution is 0.220. The molecule has 0 amide bonds. The molecule has 0 spiro atoms. The zero-order valence-corrected chi connectivity index (χ0v) is 12.5. The summed E-state index contributed by atoms with van der Waals surface area (Å²) in [6.07, 6.45) is 2.37. The topological polar surface area (TPSA) is 45.4 Å². The molecule has 2 rings (SSSR count). The fourth-order valence-electron chi connectivity index (χ4n) is 2.62. The molecule has 0 aromatic carbocycles. The predicted octanol–water partition coefficient (Wildman–Crippen LogP) is 2.11. The Balaban J connectivity index is 2.05. The number of anilines is 1. The average Bonchev–Trinajstić information content (AvgIpc) is 2.47. The maximum absolute atomic E-state index is 6.06. The van der Waals surface area contributed by atoms with Gasteiger partial charge in [-0.15, -0.1) is 0 Å². The van der Waals surface area contributed by atoms with Gasteiger partial charge in [-0.05, 0) is 31.5 Å². The summed E-state index contributed by atoms with van der Waals surface area (Å²) in [5.41, 5.74) is 6.44. The first kappa shape index (κ1) is 14.6. The lowest BCUT2D eigenvalue weighted by Gasteiger charge is -2.37. The fraction of sp³-hybridized carbons (Fsp3) is 0.643. The van der Waals surface area contributed by atoms with E-state index in [4.69, 9.17) is 17.3 Å². The highest BCUT2D eigenvalue weighted by molar-refractivity contribution is 6.31. The molecule has 0 radical (unpaired) electrons. The molecule has 106 valence electrons. The molecular weight excluding hydrogens is 260 g/mol. The van der Waals surface area contributed by atoms with Crippen LogP contribution in [0.2, 0.25) is 5.02 Å². The van der Waals surface area contributed by atoms with Crippen molar-refractivity contribution in [2.24, 2.45) is 5.73 Å². The molecule has 0 unspecified atom stereocenters. The molecule has 2 N–H and O–H groups in total. The molecule has 1 saturated heterocycles. The Morgan fingerprint density at radius 3 is 2.68 bits per heavy atom. The lowest BCUT2D eigenvalue weighted by atomic mass is 10.0. The van der Waals surface area contributed by atoms with Crippen LogP contribution in [0.3, 0.4) is 0 Å². The van der Waals surface area contributed by atoms with Gasteiger partial charge in [0.1, 0.15) is 5.82 Å². The molecule has 1 aliphatic rings. The highest BCUT2D eigenvalue weighted by Crippen LogP contribution is 2.23. The van der Waals surface area contributed by atoms with E-state index < -0.39 is 0 Å². The van der Waals surface area contributed by atoms with Crippen molar-refractivity contribution in [3.63, 3.8) is 0 Å². The van der Waals surface area contributed by atoms with Gasteiger partial charge in [0.05, 0.1) is 10.7 Å². The first-order valence-electron chi connectivity index (χ1n) is 6.96. The van der Waals surface area contributed by atoms with Crippen molar-refractivity contribution in [3.05, 3.63) is 22.8 Å². The third kappa shape index (κ3) is 3.38. The van der Waals surface area contributed by atoms with Gasteiger partial charge >= 0.3 is 0 Å². The van der Waals surface area contributed by atoms with E-state index >= 15 is 0 Å². The Morgan fingerprint density at radius 1 is 1.42 bits per heavy atom. The van der Waals surface area contributed by atoms with E-state index in [1.807, 2.05) is 12.1 Å². The standard InChI is InChI=1S/C14H23ClN4/c1-3-19-8-6-11(7-9-19)18(2)14-5-4-12(15)13(10-16)17-14/h4-5,11H,3,6-10,16H2,1-2H3. The molecule has 1 aromatic heterocycles. The number of nitrogens with two attached hydrogens (primary N) is 1. The molecule has 0 atom stereocenters. The number of nitrogens with zero attached hydrogens (tertiary/aromatic N) is 3. The van der Waals surface area contributed by atoms with E-state index in [1.54, 1.807) is 0 Å². The maximum Gasteiger partial charge on any atom is 0.128 e. The summed E-state index contributed by atoms with van der Waals surface area (Å²) in [4.78, 5) is 9.32. The van der Waals surface area contributed by atoms with E-state index in [0.29, 0.717) is 17.6 Å². The minimum atomic E-state index is 0.384. The van der Waals surface area contributed by atoms with Crippen molar-refractivity contribution in [1.82, 2.24) is 9.88 Å². The molecule has 1 aromatic rings. The van der Waals surface area contributed by atoms with E-state index in [0.717, 1.165) is 18.1 Å². The Morgan fingerprint density at radius 2 is 2.11 bits per heavy atom. The Bertz CT molecular complexity index is 416. The first-order valence-corrected chi connectivity index (χ1v) is 7.34. The molecule has 0 aliphatic carbocycles. The molecule has 2 heterocycles. The zero-order valence-electron chi connectivity index (χ0n) is 11.8. The lowest BCUT2D eigenvalue weighted by Crippen LogP contribution is -2.43. The first-order chi connectivity index (χ1) is 9.15. The molecule has 0 saturated carbocycles. The van der Waals surface area contributed by atoms with Crippen LogP contribution in [0.25, 0.3) is 0 Å². The van der Waals surface area contributed by atoms with E-state index in [9.17, 15) is 0 Å². The molecular formula is C14H23ClN4. The third-order valence-electron chi connectivity index (χ3n) is 4.01. The van der Waals surface area contributed by atoms with Gasteiger partial charge in [0.2, 0.25) is 0 Å². The van der Waals surface area contributed by atoms with Gasteiger partial charge in [0.15, 0.2) is 0 Å². The van der Waals surface area contributed by atoms with Crippen LogP contribution < -0.4 is 10.6 Å². The summed E-state index contributed by atoms with van der Waals surface area (Å²) in [5, 5.41) is 0.653. The average molecular weight is 283 g/mol. The van der Waals surface area contributed by atoms with Gasteiger partial charge in [-0.25, -0.2) is 4.98 Å². The number of pyridine rings is 1. The highest BCUT2D eigenvalue weighted by atomic mass is 35.5. The van der Waals surface area contributed by atoms with Crippen molar-refractivity contribution >= 4 is 17.4 Å². The summed E-state index contributed by atoms with van der Waals surface area (Å²) in [7, 11) is 2.11. The third-order valence-corrected chi connectivity index (χ3v) is 4.35. The van der Waals surface area contributed by atoms with Crippen molar-refractivity contribution < 1.29 is 0 Å². The van der Waals surface area contributed by atoms with E-state index in [2.05, 4.69) is 28.8 Å². The normalized spacial score (nSPS) is 17.7. The quantitative estimate of drug-likeness (QED) is 0.919. The SMILES string of the molecule is CCN1CCC(N(C)c2ccc(Cl)c(CN)n2)CC1. The molecule has 1 aliphatic heterocycles. The van der Waals surface area contributed by atoms with Crippen molar-refractivity contribution in [3.8, 4) is 0 Å². The van der Waals surface area contributed by atoms with Crippen LogP contribution in [0.4, 0.5) is 5.82 Å². The van der Waals surface area contributed by atoms with Gasteiger partial charge in [-0.3, -0.25) is 0 Å². The molecule has 1 fully saturated rings. The van der Waals surface area contributed by atoms with Crippen LogP contribution in [-0.4, -0.2) is 42.6 Å². The van der Waals surface area contributed by atoms with Gasteiger partial charge < -0.3 is 15.5 Å². The Kier molecular flexibility index (Phi) is 5.02. The van der Waals surface area contributed by atoms with Crippen molar-refractivity contribution in [1.29, 1.82) is 0 Å². The second-order valence-electron chi connectivity index (χ2n) is 5.08. The molecule has 19 heavy (non-hydrogen) atoms. The minimum absolute atomic E-state index is 0.384. The van der Waals surface area contributed by atoms with Crippen LogP contribution in [-0.2, 0) is 6.54 Å². The number of likely N-dealkylation sites (tertiary alicyclic amines) is 1. The van der Waals surface area contributed by atoms with E-state index in [-0.39, 0.29) is 0 Å². The number of hydrogen-bond donors (Lipinski definition) is 1. The number of halogens is 1. The van der Waals surface area contributed by atoms with Gasteiger partial charge in [-0.2, -0.15) is 0 Å². The summed E-state index contributed by atoms with van der Waals surface area (Å²) < 4.78 is 0. The number of rotatable bonds is 4. The predicted molar refractivity (Wildman–Crippen MR) is 80.7 cm³/mol. The number of piperidine rings is 1. The Labute approximate surface area is 120 Å². The molecule has 5 heteroatoms. The maximum atomic E-state index is 6.06. The highest BCUT2D eigenvalue weighted by Gasteiger charge is 2.22. The van der Waals surface area contributed by atoms with Crippen molar-refractivity contribution in [2.75, 3.05) is 31.6 Å². The van der Waals surface area contributed by atoms with Gasteiger partial charge in [0, 0.05) is 32.7 Å². The van der Waals surface area contributed by atoms with Crippen molar-refractivity contribution in [2.45, 2.75) is 32.4 Å². The van der Waals surface area contributed by atoms with Crippen LogP contribution in [0.5, 0.6) is 0 Å². The molecule has 4 nitrogen and oxygen atoms in total. The summed E-state index contributed by atoms with van der Waals surface area (Å²) in [6, 6.07) is 4.43. The fourth-order valence-corrected chi connectivity index (χ4v) is 2.80. The number of aromatic nitrogens is 1. The van der Waals surface area contributed by atoms with Crippen LogP contribution in [0.15, 0.2) is 12.1 Å². The van der Waals surface area contributed by atoms with Crippen LogP contribution >= 0.6 is 11.6 Å². The zero-order chi connectivity index (χ0) is 13.8. The second kappa shape index (κ2) is 6.55. The smallest absolute Gasteiger partial charge is 0.128 e. The monoisotopic (exact) mass is 282 g/mol.